The van der Waals surface area contributed by atoms with Crippen LogP contribution in [-0.2, 0) is 42.2 Å². The molecule has 0 saturated heterocycles. The van der Waals surface area contributed by atoms with E-state index in [0.717, 1.165) is 96.3 Å². The van der Waals surface area contributed by atoms with E-state index in [1.165, 1.54) is 109 Å². The van der Waals surface area contributed by atoms with Gasteiger partial charge in [-0.2, -0.15) is 0 Å². The maximum Gasteiger partial charge on any atom is 0.472 e. The lowest BCUT2D eigenvalue weighted by molar-refractivity contribution is -0.161. The molecule has 12 heteroatoms. The number of carbonyl (C=O) groups is 3. The van der Waals surface area contributed by atoms with E-state index in [2.05, 4.69) is 81.5 Å². The lowest BCUT2D eigenvalue weighted by Crippen LogP contribution is -2.30. The van der Waals surface area contributed by atoms with Crippen molar-refractivity contribution >= 4 is 25.7 Å². The second-order valence-corrected chi connectivity index (χ2v) is 20.9. The number of carbonyl (C=O) groups excluding carboxylic acids is 3. The summed E-state index contributed by atoms with van der Waals surface area (Å²) in [7, 11) is -4.76. The number of phosphoric acid groups is 1. The van der Waals surface area contributed by atoms with E-state index in [1.54, 1.807) is 0 Å². The van der Waals surface area contributed by atoms with Crippen LogP contribution in [0.15, 0.2) is 60.8 Å². The summed E-state index contributed by atoms with van der Waals surface area (Å²) in [5.41, 5.74) is 0. The Morgan fingerprint density at radius 1 is 0.403 bits per heavy atom. The van der Waals surface area contributed by atoms with Crippen LogP contribution in [0, 0.1) is 0 Å². The van der Waals surface area contributed by atoms with Crippen molar-refractivity contribution in [2.24, 2.45) is 0 Å². The highest BCUT2D eigenvalue weighted by Crippen LogP contribution is 2.43. The minimum Gasteiger partial charge on any atom is -0.462 e. The second-order valence-electron chi connectivity index (χ2n) is 19.4. The van der Waals surface area contributed by atoms with Gasteiger partial charge in [0.15, 0.2) is 6.10 Å². The molecule has 0 spiro atoms. The molecule has 0 amide bonds. The summed E-state index contributed by atoms with van der Waals surface area (Å²) in [5.74, 6) is -1.51. The summed E-state index contributed by atoms with van der Waals surface area (Å²) in [4.78, 5) is 48.5. The van der Waals surface area contributed by atoms with Gasteiger partial charge in [0, 0.05) is 19.3 Å². The van der Waals surface area contributed by atoms with E-state index in [-0.39, 0.29) is 25.9 Å². The topological polar surface area (TPSA) is 155 Å². The smallest absolute Gasteiger partial charge is 0.462 e. The fourth-order valence-electron chi connectivity index (χ4n) is 7.98. The monoisotopic (exact) mass is 1030 g/mol. The van der Waals surface area contributed by atoms with Gasteiger partial charge >= 0.3 is 25.7 Å². The molecule has 0 aromatic rings. The van der Waals surface area contributed by atoms with Crippen molar-refractivity contribution in [3.63, 3.8) is 0 Å². The van der Waals surface area contributed by atoms with Crippen LogP contribution < -0.4 is 0 Å². The maximum absolute atomic E-state index is 12.9. The van der Waals surface area contributed by atoms with Crippen LogP contribution in [0.5, 0.6) is 0 Å². The first kappa shape index (κ1) is 69.2. The van der Waals surface area contributed by atoms with Crippen molar-refractivity contribution < 1.29 is 52.2 Å². The lowest BCUT2D eigenvalue weighted by Gasteiger charge is -2.21. The summed E-state index contributed by atoms with van der Waals surface area (Å²) < 4.78 is 39.5. The number of esters is 3. The molecule has 72 heavy (non-hydrogen) atoms. The molecule has 0 bridgehead atoms. The molecule has 11 nitrogen and oxygen atoms in total. The molecule has 0 aromatic carbocycles. The average Bonchev–Trinajstić information content (AvgIpc) is 3.37. The molecule has 418 valence electrons. The molecule has 0 radical (unpaired) electrons. The summed E-state index contributed by atoms with van der Waals surface area (Å²) >= 11 is 0. The molecule has 0 aliphatic heterocycles. The van der Waals surface area contributed by atoms with Gasteiger partial charge in [0.2, 0.25) is 0 Å². The van der Waals surface area contributed by atoms with Crippen LogP contribution >= 0.6 is 7.82 Å². The SMILES string of the molecule is CC/C=C\C/C=C\C/C=C\C/C=C\CCCCC(=O)OC(CO)COP(=O)(O)OCC(COC(=O)CCCCCCC/C=C\CCCC)OC(=O)CCCCCCCCCCCCCCCCCCCCC. The summed E-state index contributed by atoms with van der Waals surface area (Å²) in [6.45, 7) is 4.46. The molecule has 3 unspecified atom stereocenters. The average molecular weight is 1040 g/mol. The number of aliphatic hydroxyl groups is 1. The maximum atomic E-state index is 12.9. The van der Waals surface area contributed by atoms with Crippen molar-refractivity contribution in [1.29, 1.82) is 0 Å². The predicted octanol–water partition coefficient (Wildman–Crippen LogP) is 17.1. The zero-order chi connectivity index (χ0) is 52.7. The number of unbranched alkanes of at least 4 members (excludes halogenated alkanes) is 27. The minimum atomic E-state index is -4.76. The largest absolute Gasteiger partial charge is 0.472 e. The Labute approximate surface area is 440 Å². The van der Waals surface area contributed by atoms with Crippen molar-refractivity contribution in [1.82, 2.24) is 0 Å². The molecule has 0 heterocycles. The molecular weight excluding hydrogens is 928 g/mol. The number of ether oxygens (including phenoxy) is 3. The highest BCUT2D eigenvalue weighted by atomic mass is 31.2. The van der Waals surface area contributed by atoms with Gasteiger partial charge in [-0.25, -0.2) is 4.57 Å². The molecule has 2 N–H and O–H groups in total. The fraction of sp³-hybridized carbons (Fsp3) is 0.783. The highest BCUT2D eigenvalue weighted by molar-refractivity contribution is 7.47. The Morgan fingerprint density at radius 2 is 0.736 bits per heavy atom. The van der Waals surface area contributed by atoms with Crippen LogP contribution in [-0.4, -0.2) is 66.5 Å². The van der Waals surface area contributed by atoms with E-state index in [0.29, 0.717) is 19.3 Å². The van der Waals surface area contributed by atoms with Gasteiger partial charge in [0.1, 0.15) is 12.7 Å². The van der Waals surface area contributed by atoms with E-state index >= 15 is 0 Å². The molecule has 0 fully saturated rings. The van der Waals surface area contributed by atoms with Gasteiger partial charge in [-0.1, -0.05) is 229 Å². The minimum absolute atomic E-state index is 0.125. The van der Waals surface area contributed by atoms with E-state index in [1.807, 2.05) is 0 Å². The third-order valence-corrected chi connectivity index (χ3v) is 13.4. The van der Waals surface area contributed by atoms with Gasteiger partial charge in [-0.05, 0) is 77.0 Å². The summed E-state index contributed by atoms with van der Waals surface area (Å²) in [6.07, 6.45) is 59.1. The third-order valence-electron chi connectivity index (χ3n) is 12.4. The number of allylic oxidation sites excluding steroid dienone is 10. The van der Waals surface area contributed by atoms with Gasteiger partial charge in [0.25, 0.3) is 0 Å². The molecule has 0 aliphatic carbocycles. The first-order valence-corrected chi connectivity index (χ1v) is 30.7. The lowest BCUT2D eigenvalue weighted by atomic mass is 10.0. The van der Waals surface area contributed by atoms with Crippen molar-refractivity contribution in [2.45, 2.75) is 277 Å². The highest BCUT2D eigenvalue weighted by Gasteiger charge is 2.28. The van der Waals surface area contributed by atoms with Crippen LogP contribution in [0.3, 0.4) is 0 Å². The van der Waals surface area contributed by atoms with E-state index < -0.39 is 57.8 Å². The Morgan fingerprint density at radius 3 is 1.19 bits per heavy atom. The van der Waals surface area contributed by atoms with Gasteiger partial charge in [0.05, 0.1) is 19.8 Å². The number of hydrogen-bond acceptors (Lipinski definition) is 10. The Kier molecular flexibility index (Phi) is 52.3. The van der Waals surface area contributed by atoms with Gasteiger partial charge in [-0.15, -0.1) is 0 Å². The molecule has 0 aliphatic rings. The predicted molar refractivity (Wildman–Crippen MR) is 298 cm³/mol. The molecule has 0 rings (SSSR count). The van der Waals surface area contributed by atoms with Gasteiger partial charge in [-0.3, -0.25) is 23.4 Å². The number of hydrogen-bond donors (Lipinski definition) is 2. The van der Waals surface area contributed by atoms with Crippen molar-refractivity contribution in [2.75, 3.05) is 26.4 Å². The fourth-order valence-corrected chi connectivity index (χ4v) is 8.76. The third kappa shape index (κ3) is 52.1. The second kappa shape index (κ2) is 54.4. The number of phosphoric ester groups is 1. The quantitative estimate of drug-likeness (QED) is 0.0197. The summed E-state index contributed by atoms with van der Waals surface area (Å²) in [5, 5.41) is 9.80. The number of aliphatic hydroxyl groups excluding tert-OH is 1. The Bertz CT molecular complexity index is 1440. The zero-order valence-corrected chi connectivity index (χ0v) is 47.0. The van der Waals surface area contributed by atoms with Crippen molar-refractivity contribution in [3.05, 3.63) is 60.8 Å². The molecule has 0 saturated carbocycles. The van der Waals surface area contributed by atoms with Crippen LogP contribution in [0.1, 0.15) is 265 Å². The van der Waals surface area contributed by atoms with Crippen LogP contribution in [0.25, 0.3) is 0 Å². The first-order valence-electron chi connectivity index (χ1n) is 29.2. The standard InChI is InChI=1S/C60H107O11P/c1-4-7-10-13-16-19-22-24-26-27-28-29-31-33-36-39-42-45-48-51-60(64)71-57(53-67-58(62)49-46-43-40-37-34-21-18-15-12-9-6-3)55-69-72(65,66)68-54-56(52-61)70-59(63)50-47-44-41-38-35-32-30-25-23-20-17-14-11-8-5-2/h8,11,15,17-18,20,25,30,35,38,56-57,61H,4-7,9-10,12-14,16,19,21-24,26-29,31-34,36-37,39-55H2,1-3H3,(H,65,66)/b11-8-,18-15-,20-17-,30-25-,38-35-. The molecule has 0 aromatic heterocycles. The van der Waals surface area contributed by atoms with Crippen LogP contribution in [0.4, 0.5) is 0 Å². The van der Waals surface area contributed by atoms with E-state index in [9.17, 15) is 28.9 Å². The van der Waals surface area contributed by atoms with Crippen LogP contribution in [0.2, 0.25) is 0 Å². The first-order chi connectivity index (χ1) is 35.2. The normalized spacial score (nSPS) is 13.8. The van der Waals surface area contributed by atoms with Crippen molar-refractivity contribution in [3.8, 4) is 0 Å². The zero-order valence-electron chi connectivity index (χ0n) is 46.1. The Balaban J connectivity index is 4.69. The summed E-state index contributed by atoms with van der Waals surface area (Å²) in [6, 6.07) is 0. The Hall–Kier alpha value is -2.82. The molecule has 3 atom stereocenters. The van der Waals surface area contributed by atoms with Gasteiger partial charge < -0.3 is 24.2 Å². The number of rotatable bonds is 54. The van der Waals surface area contributed by atoms with E-state index in [4.69, 9.17) is 23.3 Å². The molecular formula is C60H107O11P.